The minimum atomic E-state index is 0. The molecular formula is N5O10V-5. The molecule has 95 valence electrons. The third-order valence-corrected chi connectivity index (χ3v) is 0. The molecule has 0 saturated heterocycles. The van der Waals surface area contributed by atoms with Crippen molar-refractivity contribution < 1.29 is 18.6 Å². The zero-order chi connectivity index (χ0) is 13.5. The van der Waals surface area contributed by atoms with Gasteiger partial charge in [0.1, 0.15) is 0 Å². The maximum atomic E-state index is 8.00. The Balaban J connectivity index is -0.0000000192. The van der Waals surface area contributed by atoms with Gasteiger partial charge in [0, 0.05) is 18.6 Å². The summed E-state index contributed by atoms with van der Waals surface area (Å²) in [4.78, 5) is 40.0. The monoisotopic (exact) mass is 281 g/mol. The van der Waals surface area contributed by atoms with Crippen LogP contribution in [0.2, 0.25) is 0 Å². The predicted octanol–water partition coefficient (Wildman–Crippen LogP) is 1.25. The molecule has 0 aromatic rings. The Kier molecular flexibility index (Phi) is 591. The molecule has 0 unspecified atom stereocenters. The quantitative estimate of drug-likeness (QED) is 0.452. The Morgan fingerprint density at radius 3 is 0.438 bits per heavy atom. The molecule has 0 atom stereocenters. The predicted molar refractivity (Wildman–Crippen MR) is 45.8 cm³/mol. The van der Waals surface area contributed by atoms with Crippen molar-refractivity contribution in [2.45, 2.75) is 0 Å². The fraction of sp³-hybridized carbons (Fsp3) is 0. The van der Waals surface area contributed by atoms with E-state index < -0.39 is 0 Å². The molecule has 0 N–H and O–H groups in total. The summed E-state index contributed by atoms with van der Waals surface area (Å²) in [6.45, 7) is 0. The van der Waals surface area contributed by atoms with Crippen LogP contribution in [0.25, 0.3) is 0 Å². The normalized spacial score (nSPS) is 3.75. The van der Waals surface area contributed by atoms with E-state index in [1.807, 2.05) is 0 Å². The van der Waals surface area contributed by atoms with Crippen LogP contribution < -0.4 is 0 Å². The molecule has 0 bridgehead atoms. The molecule has 0 saturated carbocycles. The number of nitrogens with zero attached hydrogens (tertiary/aromatic N) is 5. The van der Waals surface area contributed by atoms with Crippen LogP contribution in [0.15, 0.2) is 26.7 Å². The average molecular weight is 281 g/mol. The maximum absolute atomic E-state index is 8.00. The molecule has 0 fully saturated rings. The van der Waals surface area contributed by atoms with E-state index in [1.165, 1.54) is 0 Å². The van der Waals surface area contributed by atoms with E-state index in [0.717, 1.165) is 26.7 Å². The minimum Gasteiger partial charge on any atom is -0.444 e. The van der Waals surface area contributed by atoms with Crippen molar-refractivity contribution in [3.63, 3.8) is 0 Å². The smallest absolute Gasteiger partial charge is 0 e. The van der Waals surface area contributed by atoms with E-state index in [9.17, 15) is 0 Å². The van der Waals surface area contributed by atoms with Crippen molar-refractivity contribution in [1.82, 2.24) is 0 Å². The van der Waals surface area contributed by atoms with Gasteiger partial charge in [-0.2, -0.15) is 0 Å². The summed E-state index contributed by atoms with van der Waals surface area (Å²) >= 11 is 0. The Hall–Kier alpha value is -2.42. The van der Waals surface area contributed by atoms with E-state index in [0.29, 0.717) is 0 Å². The second-order valence-corrected chi connectivity index (χ2v) is 0.373. The van der Waals surface area contributed by atoms with Crippen molar-refractivity contribution in [3.8, 4) is 0 Å². The summed E-state index contributed by atoms with van der Waals surface area (Å²) in [5.41, 5.74) is 0. The summed E-state index contributed by atoms with van der Waals surface area (Å²) in [5.74, 6) is 0. The Bertz CT molecular complexity index is 91.5. The summed E-state index contributed by atoms with van der Waals surface area (Å²) in [6.07, 6.45) is 0. The van der Waals surface area contributed by atoms with Crippen LogP contribution in [0.4, 0.5) is 0 Å². The molecule has 0 aromatic carbocycles. The van der Waals surface area contributed by atoms with Crippen LogP contribution in [0.1, 0.15) is 0 Å². The zero-order valence-electron chi connectivity index (χ0n) is 6.77. The molecule has 0 heterocycles. The molecule has 0 spiro atoms. The van der Waals surface area contributed by atoms with Gasteiger partial charge in [0.05, 0.1) is 0 Å². The molecule has 16 heavy (non-hydrogen) atoms. The third kappa shape index (κ3) is 222. The maximum Gasteiger partial charge on any atom is 0 e. The van der Waals surface area contributed by atoms with Crippen molar-refractivity contribution in [1.29, 1.82) is 0 Å². The molecule has 16 heteroatoms. The molecule has 0 rings (SSSR count). The Morgan fingerprint density at radius 2 is 0.438 bits per heavy atom. The van der Waals surface area contributed by atoms with Crippen LogP contribution in [-0.4, -0.2) is 0 Å². The topological polar surface area (TPSA) is 262 Å². The average Bonchev–Trinajstić information content (AvgIpc) is 2.09. The summed E-state index contributed by atoms with van der Waals surface area (Å²) in [5, 5.41) is 45.0. The van der Waals surface area contributed by atoms with Crippen molar-refractivity contribution in [2.24, 2.45) is 26.7 Å². The van der Waals surface area contributed by atoms with Crippen LogP contribution in [0, 0.1) is 50.6 Å². The van der Waals surface area contributed by atoms with Gasteiger partial charge in [-0.15, -0.1) is 26.7 Å². The van der Waals surface area contributed by atoms with Gasteiger partial charge in [-0.25, -0.2) is 0 Å². The largest absolute Gasteiger partial charge is 0.444 e. The second-order valence-electron chi connectivity index (χ2n) is 0.373. The molecule has 0 aromatic heterocycles. The van der Waals surface area contributed by atoms with Gasteiger partial charge in [0.25, 0.3) is 0 Å². The Morgan fingerprint density at radius 1 is 0.438 bits per heavy atom. The second kappa shape index (κ2) is 253. The van der Waals surface area contributed by atoms with E-state index in [1.54, 1.807) is 0 Å². The molecule has 0 amide bonds. The van der Waals surface area contributed by atoms with Crippen molar-refractivity contribution >= 4 is 0 Å². The molecule has 15 nitrogen and oxygen atoms in total. The molecule has 0 aliphatic carbocycles. The van der Waals surface area contributed by atoms with Gasteiger partial charge < -0.3 is 50.6 Å². The number of hydrogen-bond donors (Lipinski definition) is 0. The van der Waals surface area contributed by atoms with Gasteiger partial charge in [-0.05, 0) is 0 Å². The van der Waals surface area contributed by atoms with Crippen molar-refractivity contribution in [3.05, 3.63) is 50.6 Å². The third-order valence-electron chi connectivity index (χ3n) is 0. The molecule has 0 aliphatic heterocycles. The molecule has 1 radical (unpaired) electrons. The SMILES string of the molecule is O=N[O-].O=N[O-].O=N[O-].O=N[O-].O=N[O-].[V]. The first kappa shape index (κ1) is 37.4. The van der Waals surface area contributed by atoms with Crippen LogP contribution in [0.5, 0.6) is 0 Å². The number of rotatable bonds is 0. The van der Waals surface area contributed by atoms with Gasteiger partial charge in [-0.3, -0.25) is 0 Å². The van der Waals surface area contributed by atoms with E-state index in [2.05, 4.69) is 0 Å². The fourth-order valence-corrected chi connectivity index (χ4v) is 0. The van der Waals surface area contributed by atoms with Crippen LogP contribution in [0.3, 0.4) is 0 Å². The summed E-state index contributed by atoms with van der Waals surface area (Å²) in [6, 6.07) is 0. The zero-order valence-corrected chi connectivity index (χ0v) is 8.16. The number of hydrogen-bond acceptors (Lipinski definition) is 15. The van der Waals surface area contributed by atoms with Gasteiger partial charge in [0.15, 0.2) is 0 Å². The van der Waals surface area contributed by atoms with Gasteiger partial charge >= 0.3 is 0 Å². The van der Waals surface area contributed by atoms with E-state index in [4.69, 9.17) is 50.6 Å². The minimum absolute atomic E-state index is 0. The summed E-state index contributed by atoms with van der Waals surface area (Å²) in [7, 11) is 0. The van der Waals surface area contributed by atoms with E-state index in [-0.39, 0.29) is 18.6 Å². The fourth-order valence-electron chi connectivity index (χ4n) is 0. The summed E-state index contributed by atoms with van der Waals surface area (Å²) < 4.78 is 0. The van der Waals surface area contributed by atoms with Crippen LogP contribution >= 0.6 is 0 Å². The van der Waals surface area contributed by atoms with Gasteiger partial charge in [0.2, 0.25) is 0 Å². The van der Waals surface area contributed by atoms with Crippen molar-refractivity contribution in [2.75, 3.05) is 0 Å². The first-order valence-corrected chi connectivity index (χ1v) is 1.83. The first-order chi connectivity index (χ1) is 7.07. The standard InChI is InChI=1S/5HNO2.V/c5*2-1-3;/h5*(H,2,3);/p-5. The van der Waals surface area contributed by atoms with E-state index >= 15 is 0 Å². The Labute approximate surface area is 96.6 Å². The van der Waals surface area contributed by atoms with Crippen LogP contribution in [-0.2, 0) is 18.6 Å². The molecule has 0 aliphatic rings. The van der Waals surface area contributed by atoms with Gasteiger partial charge in [-0.1, -0.05) is 0 Å². The first-order valence-electron chi connectivity index (χ1n) is 1.83. The molecular weight excluding hydrogens is 281 g/mol.